The highest BCUT2D eigenvalue weighted by atomic mass is 16.5. The topological polar surface area (TPSA) is 41.6 Å². The molecule has 1 N–H and O–H groups in total. The van der Waals surface area contributed by atoms with E-state index in [4.69, 9.17) is 4.74 Å². The van der Waals surface area contributed by atoms with Crippen LogP contribution in [-0.2, 0) is 9.53 Å². The lowest BCUT2D eigenvalue weighted by Crippen LogP contribution is -2.53. The Hall–Kier alpha value is -0.610. The molecule has 3 aliphatic carbocycles. The molecule has 20 heavy (non-hydrogen) atoms. The number of nitrogens with zero attached hydrogens (tertiary/aromatic N) is 1. The van der Waals surface area contributed by atoms with Crippen molar-refractivity contribution in [2.75, 3.05) is 14.2 Å². The number of hydrogen-bond donors (Lipinski definition) is 1. The van der Waals surface area contributed by atoms with Crippen LogP contribution in [0.4, 0.5) is 0 Å². The summed E-state index contributed by atoms with van der Waals surface area (Å²) in [4.78, 5) is 14.8. The molecule has 0 amide bonds. The van der Waals surface area contributed by atoms with Gasteiger partial charge in [0.25, 0.3) is 0 Å². The van der Waals surface area contributed by atoms with E-state index in [-0.39, 0.29) is 5.97 Å². The van der Waals surface area contributed by atoms with E-state index in [9.17, 15) is 4.79 Å². The minimum atomic E-state index is -0.419. The Bertz CT molecular complexity index is 379. The van der Waals surface area contributed by atoms with Gasteiger partial charge in [-0.1, -0.05) is 0 Å². The first kappa shape index (κ1) is 14.3. The standard InChI is InChI=1S/C16H28N2O2/c1-11(12-4-5-12)18(2)14-8-9-16(10-14,15(19)20-3)17-13-6-7-13/h11-14,17H,4-10H2,1-3H3. The summed E-state index contributed by atoms with van der Waals surface area (Å²) in [6, 6.07) is 1.70. The van der Waals surface area contributed by atoms with Crippen LogP contribution in [0.15, 0.2) is 0 Å². The highest BCUT2D eigenvalue weighted by Gasteiger charge is 2.50. The summed E-state index contributed by atoms with van der Waals surface area (Å²) in [6.07, 6.45) is 8.09. The van der Waals surface area contributed by atoms with Crippen molar-refractivity contribution in [2.24, 2.45) is 5.92 Å². The normalized spacial score (nSPS) is 35.3. The monoisotopic (exact) mass is 280 g/mol. The second kappa shape index (κ2) is 5.30. The fourth-order valence-electron chi connectivity index (χ4n) is 3.80. The number of rotatable bonds is 6. The van der Waals surface area contributed by atoms with Crippen molar-refractivity contribution in [3.63, 3.8) is 0 Å². The first-order valence-corrected chi connectivity index (χ1v) is 8.14. The molecule has 0 spiro atoms. The summed E-state index contributed by atoms with van der Waals surface area (Å²) in [5.41, 5.74) is -0.419. The zero-order valence-electron chi connectivity index (χ0n) is 13.0. The Kier molecular flexibility index (Phi) is 3.80. The predicted octanol–water partition coefficient (Wildman–Crippen LogP) is 1.93. The molecular weight excluding hydrogens is 252 g/mol. The van der Waals surface area contributed by atoms with Crippen molar-refractivity contribution in [2.45, 2.75) is 75.5 Å². The van der Waals surface area contributed by atoms with E-state index in [1.54, 1.807) is 0 Å². The van der Waals surface area contributed by atoms with E-state index in [0.29, 0.717) is 18.1 Å². The van der Waals surface area contributed by atoms with Crippen LogP contribution in [0.2, 0.25) is 0 Å². The van der Waals surface area contributed by atoms with Gasteiger partial charge in [-0.2, -0.15) is 0 Å². The minimum absolute atomic E-state index is 0.0561. The van der Waals surface area contributed by atoms with E-state index < -0.39 is 5.54 Å². The van der Waals surface area contributed by atoms with E-state index in [0.717, 1.165) is 25.2 Å². The molecule has 4 heteroatoms. The van der Waals surface area contributed by atoms with Crippen LogP contribution in [0.5, 0.6) is 0 Å². The van der Waals surface area contributed by atoms with Gasteiger partial charge in [0, 0.05) is 18.1 Å². The third-order valence-electron chi connectivity index (χ3n) is 5.64. The van der Waals surface area contributed by atoms with Gasteiger partial charge in [-0.15, -0.1) is 0 Å². The van der Waals surface area contributed by atoms with Crippen LogP contribution in [0.1, 0.15) is 51.9 Å². The Balaban J connectivity index is 1.66. The van der Waals surface area contributed by atoms with Gasteiger partial charge in [0.2, 0.25) is 0 Å². The number of hydrogen-bond acceptors (Lipinski definition) is 4. The maximum Gasteiger partial charge on any atom is 0.326 e. The van der Waals surface area contributed by atoms with Crippen LogP contribution >= 0.6 is 0 Å². The molecule has 114 valence electrons. The summed E-state index contributed by atoms with van der Waals surface area (Å²) in [7, 11) is 3.75. The van der Waals surface area contributed by atoms with Gasteiger partial charge in [0.15, 0.2) is 0 Å². The number of nitrogens with one attached hydrogen (secondary N) is 1. The molecule has 3 saturated carbocycles. The molecule has 0 aromatic rings. The fraction of sp³-hybridized carbons (Fsp3) is 0.938. The van der Waals surface area contributed by atoms with Gasteiger partial charge < -0.3 is 9.64 Å². The second-order valence-corrected chi connectivity index (χ2v) is 7.13. The molecule has 3 atom stereocenters. The summed E-state index contributed by atoms with van der Waals surface area (Å²) >= 11 is 0. The van der Waals surface area contributed by atoms with Gasteiger partial charge in [0.05, 0.1) is 7.11 Å². The molecule has 0 saturated heterocycles. The van der Waals surface area contributed by atoms with Crippen LogP contribution in [0, 0.1) is 5.92 Å². The Labute approximate surface area is 122 Å². The number of carbonyl (C=O) groups excluding carboxylic acids is 1. The Morgan fingerprint density at radius 3 is 2.55 bits per heavy atom. The molecule has 0 aromatic carbocycles. The van der Waals surface area contributed by atoms with Gasteiger partial charge in [0.1, 0.15) is 5.54 Å². The zero-order valence-corrected chi connectivity index (χ0v) is 13.0. The summed E-state index contributed by atoms with van der Waals surface area (Å²) in [5, 5.41) is 3.58. The largest absolute Gasteiger partial charge is 0.468 e. The molecule has 3 rings (SSSR count). The number of esters is 1. The molecule has 3 unspecified atom stereocenters. The molecule has 0 radical (unpaired) electrons. The van der Waals surface area contributed by atoms with Crippen LogP contribution in [0.25, 0.3) is 0 Å². The van der Waals surface area contributed by atoms with Crippen molar-refractivity contribution in [1.29, 1.82) is 0 Å². The zero-order chi connectivity index (χ0) is 14.3. The van der Waals surface area contributed by atoms with Crippen molar-refractivity contribution < 1.29 is 9.53 Å². The smallest absolute Gasteiger partial charge is 0.326 e. The lowest BCUT2D eigenvalue weighted by molar-refractivity contribution is -0.148. The van der Waals surface area contributed by atoms with Crippen molar-refractivity contribution in [3.8, 4) is 0 Å². The summed E-state index contributed by atoms with van der Waals surface area (Å²) in [6.45, 7) is 2.34. The third-order valence-corrected chi connectivity index (χ3v) is 5.64. The average Bonchev–Trinajstić information content (AvgIpc) is 3.36. The quantitative estimate of drug-likeness (QED) is 0.755. The number of carbonyl (C=O) groups is 1. The van der Waals surface area contributed by atoms with Gasteiger partial charge in [-0.05, 0) is 64.8 Å². The maximum absolute atomic E-state index is 12.3. The maximum atomic E-state index is 12.3. The van der Waals surface area contributed by atoms with Crippen LogP contribution in [-0.4, -0.2) is 48.7 Å². The first-order valence-electron chi connectivity index (χ1n) is 8.14. The van der Waals surface area contributed by atoms with Gasteiger partial charge >= 0.3 is 5.97 Å². The van der Waals surface area contributed by atoms with Crippen molar-refractivity contribution >= 4 is 5.97 Å². The SMILES string of the molecule is COC(=O)C1(NC2CC2)CCC(N(C)C(C)C2CC2)C1. The van der Waals surface area contributed by atoms with E-state index in [1.807, 2.05) is 0 Å². The fourth-order valence-corrected chi connectivity index (χ4v) is 3.80. The molecule has 0 heterocycles. The molecule has 3 fully saturated rings. The highest BCUT2D eigenvalue weighted by Crippen LogP contribution is 2.41. The van der Waals surface area contributed by atoms with Crippen LogP contribution in [0.3, 0.4) is 0 Å². The van der Waals surface area contributed by atoms with E-state index >= 15 is 0 Å². The van der Waals surface area contributed by atoms with E-state index in [1.165, 1.54) is 32.8 Å². The molecule has 4 nitrogen and oxygen atoms in total. The molecule has 0 aliphatic heterocycles. The average molecular weight is 280 g/mol. The van der Waals surface area contributed by atoms with Gasteiger partial charge in [-0.25, -0.2) is 0 Å². The molecule has 0 aromatic heterocycles. The van der Waals surface area contributed by atoms with Crippen molar-refractivity contribution in [3.05, 3.63) is 0 Å². The van der Waals surface area contributed by atoms with E-state index in [2.05, 4.69) is 24.2 Å². The first-order chi connectivity index (χ1) is 9.55. The molecular formula is C16H28N2O2. The highest BCUT2D eigenvalue weighted by molar-refractivity contribution is 5.81. The Morgan fingerprint density at radius 2 is 2.00 bits per heavy atom. The van der Waals surface area contributed by atoms with Crippen molar-refractivity contribution in [1.82, 2.24) is 10.2 Å². The lowest BCUT2D eigenvalue weighted by atomic mass is 9.96. The summed E-state index contributed by atoms with van der Waals surface area (Å²) < 4.78 is 5.09. The predicted molar refractivity (Wildman–Crippen MR) is 78.5 cm³/mol. The lowest BCUT2D eigenvalue weighted by Gasteiger charge is -2.33. The minimum Gasteiger partial charge on any atom is -0.468 e. The second-order valence-electron chi connectivity index (χ2n) is 7.13. The third kappa shape index (κ3) is 2.73. The number of ether oxygens (including phenoxy) is 1. The van der Waals surface area contributed by atoms with Crippen LogP contribution < -0.4 is 5.32 Å². The summed E-state index contributed by atoms with van der Waals surface area (Å²) in [5.74, 6) is 0.823. The molecule has 3 aliphatic rings. The van der Waals surface area contributed by atoms with Gasteiger partial charge in [-0.3, -0.25) is 10.1 Å². The molecule has 0 bridgehead atoms. The number of methoxy groups -OCH3 is 1. The Morgan fingerprint density at radius 1 is 1.30 bits per heavy atom.